The molecule has 2 N–H and O–H groups in total. The summed E-state index contributed by atoms with van der Waals surface area (Å²) in [5, 5.41) is 5.45. The maximum Gasteiger partial charge on any atom is 0.411 e. The van der Waals surface area contributed by atoms with Crippen molar-refractivity contribution in [3.8, 4) is 5.75 Å². The molecule has 25 heavy (non-hydrogen) atoms. The molecule has 2 aromatic carbocycles. The van der Waals surface area contributed by atoms with Gasteiger partial charge in [-0.1, -0.05) is 12.1 Å². The second-order valence-electron chi connectivity index (χ2n) is 5.28. The van der Waals surface area contributed by atoms with E-state index in [1.807, 2.05) is 24.3 Å². The Morgan fingerprint density at radius 2 is 1.68 bits per heavy atom. The van der Waals surface area contributed by atoms with Crippen molar-refractivity contribution in [1.29, 1.82) is 0 Å². The summed E-state index contributed by atoms with van der Waals surface area (Å²) in [5.74, 6) is 0.653. The molecule has 0 atom stereocenters. The molecule has 2 rings (SSSR count). The van der Waals surface area contributed by atoms with Crippen molar-refractivity contribution >= 4 is 17.7 Å². The first kappa shape index (κ1) is 18.3. The monoisotopic (exact) mass is 342 g/mol. The molecule has 0 radical (unpaired) electrons. The molecule has 0 aliphatic heterocycles. The largest absolute Gasteiger partial charge is 0.497 e. The van der Waals surface area contributed by atoms with Gasteiger partial charge < -0.3 is 14.8 Å². The number of hydrogen-bond donors (Lipinski definition) is 2. The van der Waals surface area contributed by atoms with E-state index < -0.39 is 6.09 Å². The topological polar surface area (TPSA) is 76.7 Å². The number of carbonyl (C=O) groups excluding carboxylic acids is 2. The predicted molar refractivity (Wildman–Crippen MR) is 96.1 cm³/mol. The van der Waals surface area contributed by atoms with Crippen LogP contribution in [0.2, 0.25) is 0 Å². The van der Waals surface area contributed by atoms with Gasteiger partial charge in [-0.25, -0.2) is 4.79 Å². The van der Waals surface area contributed by atoms with Crippen LogP contribution in [0.5, 0.6) is 5.75 Å². The number of methoxy groups -OCH3 is 1. The molecule has 0 saturated heterocycles. The molecule has 0 unspecified atom stereocenters. The Hall–Kier alpha value is -3.02. The minimum absolute atomic E-state index is 0.156. The van der Waals surface area contributed by atoms with Crippen LogP contribution in [0.1, 0.15) is 22.8 Å². The van der Waals surface area contributed by atoms with E-state index in [9.17, 15) is 9.59 Å². The third kappa shape index (κ3) is 5.84. The molecular formula is C19H22N2O4. The van der Waals surface area contributed by atoms with Gasteiger partial charge in [-0.15, -0.1) is 0 Å². The quantitative estimate of drug-likeness (QED) is 0.810. The summed E-state index contributed by atoms with van der Waals surface area (Å²) in [6.07, 6.45) is 0.220. The van der Waals surface area contributed by atoms with Crippen LogP contribution in [-0.2, 0) is 11.2 Å². The fourth-order valence-electron chi connectivity index (χ4n) is 2.20. The predicted octanol–water partition coefficient (Wildman–Crippen LogP) is 3.24. The highest BCUT2D eigenvalue weighted by Gasteiger charge is 2.06. The van der Waals surface area contributed by atoms with E-state index in [2.05, 4.69) is 10.6 Å². The lowest BCUT2D eigenvalue weighted by Gasteiger charge is -2.08. The Bertz CT molecular complexity index is 696. The number of carbonyl (C=O) groups is 2. The summed E-state index contributed by atoms with van der Waals surface area (Å²) in [7, 11) is 1.63. The zero-order valence-electron chi connectivity index (χ0n) is 14.4. The first-order valence-corrected chi connectivity index (χ1v) is 8.07. The molecule has 2 amide bonds. The number of rotatable bonds is 7. The first-order valence-electron chi connectivity index (χ1n) is 8.07. The van der Waals surface area contributed by atoms with Gasteiger partial charge in [0.05, 0.1) is 13.7 Å². The molecular weight excluding hydrogens is 320 g/mol. The summed E-state index contributed by atoms with van der Waals surface area (Å²) in [6, 6.07) is 14.4. The summed E-state index contributed by atoms with van der Waals surface area (Å²) >= 11 is 0. The third-order valence-electron chi connectivity index (χ3n) is 3.53. The summed E-state index contributed by atoms with van der Waals surface area (Å²) in [6.45, 7) is 2.58. The second-order valence-corrected chi connectivity index (χ2v) is 5.28. The number of ether oxygens (including phenoxy) is 2. The van der Waals surface area contributed by atoms with Crippen molar-refractivity contribution < 1.29 is 19.1 Å². The minimum Gasteiger partial charge on any atom is -0.497 e. The minimum atomic E-state index is -0.515. The van der Waals surface area contributed by atoms with Crippen LogP contribution in [0, 0.1) is 0 Å². The Morgan fingerprint density at radius 3 is 2.28 bits per heavy atom. The van der Waals surface area contributed by atoms with Crippen molar-refractivity contribution in [3.05, 3.63) is 59.7 Å². The Labute approximate surface area is 147 Å². The van der Waals surface area contributed by atoms with Crippen LogP contribution in [0.3, 0.4) is 0 Å². The van der Waals surface area contributed by atoms with E-state index in [4.69, 9.17) is 9.47 Å². The maximum absolute atomic E-state index is 12.1. The van der Waals surface area contributed by atoms with E-state index in [-0.39, 0.29) is 5.91 Å². The summed E-state index contributed by atoms with van der Waals surface area (Å²) in [4.78, 5) is 23.5. The molecule has 0 bridgehead atoms. The lowest BCUT2D eigenvalue weighted by Crippen LogP contribution is -2.25. The Kier molecular flexibility index (Phi) is 6.83. The average molecular weight is 342 g/mol. The molecule has 0 spiro atoms. The van der Waals surface area contributed by atoms with E-state index in [0.717, 1.165) is 17.7 Å². The van der Waals surface area contributed by atoms with Crippen LogP contribution in [-0.4, -0.2) is 32.3 Å². The molecule has 6 heteroatoms. The van der Waals surface area contributed by atoms with Crippen molar-refractivity contribution in [2.75, 3.05) is 25.6 Å². The van der Waals surface area contributed by atoms with Gasteiger partial charge in [0.1, 0.15) is 5.75 Å². The van der Waals surface area contributed by atoms with Crippen molar-refractivity contribution in [1.82, 2.24) is 5.32 Å². The van der Waals surface area contributed by atoms with E-state index in [0.29, 0.717) is 24.4 Å². The molecule has 132 valence electrons. The Balaban J connectivity index is 1.80. The number of nitrogens with one attached hydrogen (secondary N) is 2. The van der Waals surface area contributed by atoms with Gasteiger partial charge in [-0.2, -0.15) is 0 Å². The molecule has 0 saturated carbocycles. The van der Waals surface area contributed by atoms with E-state index in [1.54, 1.807) is 38.3 Å². The standard InChI is InChI=1S/C19H22N2O4/c1-3-25-19(23)21-16-8-6-15(7-9-16)18(22)20-13-12-14-4-10-17(24-2)11-5-14/h4-11H,3,12-13H2,1-2H3,(H,20,22)(H,21,23). The highest BCUT2D eigenvalue weighted by Crippen LogP contribution is 2.12. The smallest absolute Gasteiger partial charge is 0.411 e. The van der Waals surface area contributed by atoms with Crippen molar-refractivity contribution in [3.63, 3.8) is 0 Å². The van der Waals surface area contributed by atoms with Gasteiger partial charge in [-0.05, 0) is 55.3 Å². The lowest BCUT2D eigenvalue weighted by atomic mass is 10.1. The summed E-state index contributed by atoms with van der Waals surface area (Å²) in [5.41, 5.74) is 2.23. The zero-order valence-corrected chi connectivity index (χ0v) is 14.4. The number of amides is 2. The lowest BCUT2D eigenvalue weighted by molar-refractivity contribution is 0.0954. The van der Waals surface area contributed by atoms with Crippen LogP contribution in [0.25, 0.3) is 0 Å². The van der Waals surface area contributed by atoms with Gasteiger partial charge in [0.25, 0.3) is 5.91 Å². The Morgan fingerprint density at radius 1 is 1.00 bits per heavy atom. The SMILES string of the molecule is CCOC(=O)Nc1ccc(C(=O)NCCc2ccc(OC)cc2)cc1. The maximum atomic E-state index is 12.1. The van der Waals surface area contributed by atoms with Crippen molar-refractivity contribution in [2.24, 2.45) is 0 Å². The average Bonchev–Trinajstić information content (AvgIpc) is 2.63. The van der Waals surface area contributed by atoms with Gasteiger partial charge in [0.2, 0.25) is 0 Å². The molecule has 0 aliphatic carbocycles. The highest BCUT2D eigenvalue weighted by molar-refractivity contribution is 5.95. The summed E-state index contributed by atoms with van der Waals surface area (Å²) < 4.78 is 9.91. The van der Waals surface area contributed by atoms with E-state index in [1.165, 1.54) is 0 Å². The normalized spacial score (nSPS) is 10.0. The molecule has 6 nitrogen and oxygen atoms in total. The molecule has 0 aromatic heterocycles. The first-order chi connectivity index (χ1) is 12.1. The van der Waals surface area contributed by atoms with Crippen LogP contribution >= 0.6 is 0 Å². The van der Waals surface area contributed by atoms with Gasteiger partial charge in [0, 0.05) is 17.8 Å². The fraction of sp³-hybridized carbons (Fsp3) is 0.263. The van der Waals surface area contributed by atoms with Crippen LogP contribution in [0.4, 0.5) is 10.5 Å². The fourth-order valence-corrected chi connectivity index (χ4v) is 2.20. The van der Waals surface area contributed by atoms with Crippen molar-refractivity contribution in [2.45, 2.75) is 13.3 Å². The number of hydrogen-bond acceptors (Lipinski definition) is 4. The van der Waals surface area contributed by atoms with Crippen LogP contribution < -0.4 is 15.4 Å². The van der Waals surface area contributed by atoms with Gasteiger partial charge in [-0.3, -0.25) is 10.1 Å². The molecule has 0 heterocycles. The third-order valence-corrected chi connectivity index (χ3v) is 3.53. The van der Waals surface area contributed by atoms with Gasteiger partial charge in [0.15, 0.2) is 0 Å². The molecule has 0 fully saturated rings. The number of anilines is 1. The second kappa shape index (κ2) is 9.32. The van der Waals surface area contributed by atoms with Gasteiger partial charge >= 0.3 is 6.09 Å². The molecule has 2 aromatic rings. The highest BCUT2D eigenvalue weighted by atomic mass is 16.5. The zero-order chi connectivity index (χ0) is 18.1. The molecule has 0 aliphatic rings. The van der Waals surface area contributed by atoms with E-state index >= 15 is 0 Å². The van der Waals surface area contributed by atoms with Crippen LogP contribution in [0.15, 0.2) is 48.5 Å². The number of benzene rings is 2.